The van der Waals surface area contributed by atoms with Crippen molar-refractivity contribution in [2.24, 2.45) is 0 Å². The Morgan fingerprint density at radius 1 is 0.167 bits per heavy atom. The molecular weight excluding hydrogens is 852 g/mol. The zero-order chi connectivity index (χ0) is 21.2. The van der Waals surface area contributed by atoms with Gasteiger partial charge in [-0.2, -0.15) is 0 Å². The van der Waals surface area contributed by atoms with Gasteiger partial charge in [-0.15, -0.1) is 0 Å². The van der Waals surface area contributed by atoms with Crippen molar-refractivity contribution in [2.75, 3.05) is 78.5 Å². The van der Waals surface area contributed by atoms with Gasteiger partial charge in [0.05, 0.1) is 78.5 Å². The standard InChI is InChI=1S/6C4H9N.6BrH/c6*1-2-4-5-3-1;;;;;;/h6*5H,1-4H2;6*1H. The van der Waals surface area contributed by atoms with Gasteiger partial charge in [-0.25, -0.2) is 0 Å². The van der Waals surface area contributed by atoms with Crippen LogP contribution >= 0.6 is 0 Å². The number of quaternary nitrogens is 6. The van der Waals surface area contributed by atoms with E-state index in [9.17, 15) is 0 Å². The average Bonchev–Trinajstić information content (AvgIpc) is 3.69. The average molecular weight is 912 g/mol. The number of rotatable bonds is 0. The highest BCUT2D eigenvalue weighted by atomic mass is 79.9. The van der Waals surface area contributed by atoms with Gasteiger partial charge < -0.3 is 134 Å². The van der Waals surface area contributed by atoms with E-state index < -0.39 is 0 Å². The Bertz CT molecular complexity index is 192. The molecule has 6 aliphatic rings. The molecule has 6 saturated heterocycles. The predicted molar refractivity (Wildman–Crippen MR) is 125 cm³/mol. The summed E-state index contributed by atoms with van der Waals surface area (Å²) in [5.41, 5.74) is 0. The van der Waals surface area contributed by atoms with Crippen LogP contribution in [0.2, 0.25) is 0 Å². The summed E-state index contributed by atoms with van der Waals surface area (Å²) in [7, 11) is 0. The molecule has 6 aliphatic heterocycles. The van der Waals surface area contributed by atoms with E-state index in [-0.39, 0.29) is 102 Å². The van der Waals surface area contributed by atoms with E-state index in [2.05, 4.69) is 31.9 Å². The Balaban J connectivity index is -0.0000000726. The van der Waals surface area contributed by atoms with Gasteiger partial charge in [0.2, 0.25) is 0 Å². The Labute approximate surface area is 287 Å². The Hall–Kier alpha value is 2.64. The third-order valence-electron chi connectivity index (χ3n) is 6.40. The predicted octanol–water partition coefficient (Wildman–Crippen LogP) is -21.9. The highest BCUT2D eigenvalue weighted by Crippen LogP contribution is 1.84. The number of hydrogen-bond donors (Lipinski definition) is 6. The molecule has 6 nitrogen and oxygen atoms in total. The van der Waals surface area contributed by atoms with Gasteiger partial charge in [0, 0.05) is 77.0 Å². The van der Waals surface area contributed by atoms with E-state index in [1.165, 1.54) is 156 Å². The smallest absolute Gasteiger partial charge is 0.0757 e. The molecule has 12 N–H and O–H groups in total. The van der Waals surface area contributed by atoms with Crippen LogP contribution in [0.4, 0.5) is 0 Å². The van der Waals surface area contributed by atoms with Gasteiger partial charge >= 0.3 is 0 Å². The molecule has 228 valence electrons. The van der Waals surface area contributed by atoms with Crippen LogP contribution in [0.3, 0.4) is 0 Å². The van der Waals surface area contributed by atoms with Crippen molar-refractivity contribution in [1.29, 1.82) is 0 Å². The minimum Gasteiger partial charge on any atom is -1.00 e. The molecule has 6 rings (SSSR count). The third kappa shape index (κ3) is 43.7. The topological polar surface area (TPSA) is 99.7 Å². The van der Waals surface area contributed by atoms with E-state index in [1.807, 2.05) is 0 Å². The van der Waals surface area contributed by atoms with Gasteiger partial charge in [0.1, 0.15) is 0 Å². The first-order chi connectivity index (χ1) is 15.0. The molecule has 0 amide bonds. The highest BCUT2D eigenvalue weighted by molar-refractivity contribution is 4.39. The molecule has 0 aromatic heterocycles. The summed E-state index contributed by atoms with van der Waals surface area (Å²) in [4.78, 5) is 0. The van der Waals surface area contributed by atoms with Crippen molar-refractivity contribution in [3.63, 3.8) is 0 Å². The number of nitrogens with two attached hydrogens (primary N) is 6. The first-order valence-corrected chi connectivity index (χ1v) is 13.9. The molecule has 0 bridgehead atoms. The van der Waals surface area contributed by atoms with E-state index >= 15 is 0 Å². The maximum Gasteiger partial charge on any atom is 0.0757 e. The maximum absolute atomic E-state index is 2.36. The van der Waals surface area contributed by atoms with Crippen LogP contribution in [0.1, 0.15) is 77.0 Å². The lowest BCUT2D eigenvalue weighted by Gasteiger charge is -1.73. The zero-order valence-corrected chi connectivity index (χ0v) is 32.2. The van der Waals surface area contributed by atoms with Crippen molar-refractivity contribution in [3.05, 3.63) is 0 Å². The van der Waals surface area contributed by atoms with Crippen molar-refractivity contribution < 1.29 is 134 Å². The Morgan fingerprint density at radius 2 is 0.250 bits per heavy atom. The molecule has 6 fully saturated rings. The second kappa shape index (κ2) is 47.4. The molecule has 0 aliphatic carbocycles. The third-order valence-corrected chi connectivity index (χ3v) is 6.40. The van der Waals surface area contributed by atoms with Gasteiger partial charge in [-0.3, -0.25) is 0 Å². The summed E-state index contributed by atoms with van der Waals surface area (Å²) in [6, 6.07) is 0. The van der Waals surface area contributed by atoms with Crippen LogP contribution in [0, 0.1) is 0 Å². The lowest BCUT2D eigenvalue weighted by Crippen LogP contribution is -3.00. The number of halogens is 6. The summed E-state index contributed by atoms with van der Waals surface area (Å²) in [6.07, 6.45) is 17.3. The van der Waals surface area contributed by atoms with Gasteiger partial charge in [-0.05, 0) is 0 Å². The van der Waals surface area contributed by atoms with Crippen LogP contribution in [-0.4, -0.2) is 78.5 Å². The molecule has 0 radical (unpaired) electrons. The fourth-order valence-electron chi connectivity index (χ4n) is 4.33. The van der Waals surface area contributed by atoms with Crippen molar-refractivity contribution >= 4 is 0 Å². The minimum atomic E-state index is 0. The van der Waals surface area contributed by atoms with Gasteiger partial charge in [0.15, 0.2) is 0 Å². The largest absolute Gasteiger partial charge is 1.00 e. The number of hydrogen-bond acceptors (Lipinski definition) is 0. The summed E-state index contributed by atoms with van der Waals surface area (Å²) >= 11 is 0. The molecule has 36 heavy (non-hydrogen) atoms. The molecule has 12 heteroatoms. The van der Waals surface area contributed by atoms with Gasteiger partial charge in [0.25, 0.3) is 0 Å². The van der Waals surface area contributed by atoms with Gasteiger partial charge in [-0.1, -0.05) is 0 Å². The highest BCUT2D eigenvalue weighted by Gasteiger charge is 2.00. The molecule has 6 heterocycles. The molecule has 0 aromatic rings. The lowest BCUT2D eigenvalue weighted by molar-refractivity contribution is -0.635. The first kappa shape index (κ1) is 51.4. The van der Waals surface area contributed by atoms with Crippen LogP contribution in [-0.2, 0) is 0 Å². The summed E-state index contributed by atoms with van der Waals surface area (Å²) in [5.74, 6) is 0. The zero-order valence-electron chi connectivity index (χ0n) is 22.7. The minimum absolute atomic E-state index is 0. The summed E-state index contributed by atoms with van der Waals surface area (Å²) < 4.78 is 0. The van der Waals surface area contributed by atoms with Crippen molar-refractivity contribution in [3.8, 4) is 0 Å². The van der Waals surface area contributed by atoms with Crippen molar-refractivity contribution in [1.82, 2.24) is 0 Å². The SMILES string of the molecule is C1CC[NH2+]C1.C1CC[NH2+]C1.C1CC[NH2+]C1.C1CC[NH2+]C1.C1CC[NH2+]C1.C1CC[NH2+]C1.[Br-].[Br-].[Br-].[Br-].[Br-].[Br-]. The van der Waals surface area contributed by atoms with Crippen LogP contribution in [0.25, 0.3) is 0 Å². The fraction of sp³-hybridized carbons (Fsp3) is 1.00. The van der Waals surface area contributed by atoms with E-state index in [0.717, 1.165) is 0 Å². The van der Waals surface area contributed by atoms with E-state index in [4.69, 9.17) is 0 Å². The second-order valence-electron chi connectivity index (χ2n) is 9.44. The van der Waals surface area contributed by atoms with E-state index in [0.29, 0.717) is 0 Å². The summed E-state index contributed by atoms with van der Waals surface area (Å²) in [6.45, 7) is 16.5. The Morgan fingerprint density at radius 3 is 0.278 bits per heavy atom. The lowest BCUT2D eigenvalue weighted by atomic mass is 10.4. The Kier molecular flexibility index (Phi) is 67.7. The monoisotopic (exact) mass is 906 g/mol. The van der Waals surface area contributed by atoms with Crippen molar-refractivity contribution in [2.45, 2.75) is 77.0 Å². The fourth-order valence-corrected chi connectivity index (χ4v) is 4.33. The molecular formula is C24H60Br6N6. The van der Waals surface area contributed by atoms with Crippen LogP contribution < -0.4 is 134 Å². The summed E-state index contributed by atoms with van der Waals surface area (Å²) in [5, 5.41) is 14.2. The molecule has 0 aromatic carbocycles. The molecule has 0 unspecified atom stereocenters. The quantitative estimate of drug-likeness (QED) is 0.140. The second-order valence-corrected chi connectivity index (χ2v) is 9.44. The maximum atomic E-state index is 2.36. The van der Waals surface area contributed by atoms with E-state index in [1.54, 1.807) is 0 Å². The van der Waals surface area contributed by atoms with Crippen LogP contribution in [0.5, 0.6) is 0 Å². The first-order valence-electron chi connectivity index (χ1n) is 13.9. The molecule has 0 atom stereocenters. The molecule has 0 spiro atoms. The normalized spacial score (nSPS) is 20.0. The van der Waals surface area contributed by atoms with Crippen LogP contribution in [0.15, 0.2) is 0 Å². The molecule has 0 saturated carbocycles.